The Hall–Kier alpha value is -5.25. The Balaban J connectivity index is 1.34. The second kappa shape index (κ2) is 9.15. The Labute approximate surface area is 299 Å². The number of para-hydroxylation sites is 2. The summed E-state index contributed by atoms with van der Waals surface area (Å²) in [6.45, 7) is 14.5. The van der Waals surface area contributed by atoms with Crippen molar-refractivity contribution in [3.05, 3.63) is 114 Å². The van der Waals surface area contributed by atoms with Crippen molar-refractivity contribution in [2.45, 2.75) is 40.4 Å². The zero-order valence-corrected chi connectivity index (χ0v) is 30.7. The average Bonchev–Trinajstić information content (AvgIpc) is 3.10. The van der Waals surface area contributed by atoms with Crippen molar-refractivity contribution in [2.75, 3.05) is 0 Å². The van der Waals surface area contributed by atoms with Crippen LogP contribution in [0.5, 0.6) is 23.0 Å². The predicted molar refractivity (Wildman–Crippen MR) is 221 cm³/mol. The summed E-state index contributed by atoms with van der Waals surface area (Å²) < 4.78 is 13.4. The van der Waals surface area contributed by atoms with Gasteiger partial charge in [0.15, 0.2) is 0 Å². The summed E-state index contributed by atoms with van der Waals surface area (Å²) in [5, 5.41) is 10.1. The van der Waals surface area contributed by atoms with Crippen molar-refractivity contribution in [3.8, 4) is 45.3 Å². The molecule has 4 aliphatic heterocycles. The van der Waals surface area contributed by atoms with Crippen molar-refractivity contribution in [2.24, 2.45) is 0 Å². The maximum Gasteiger partial charge on any atom is 0.252 e. The molecule has 0 saturated carbocycles. The van der Waals surface area contributed by atoms with E-state index in [9.17, 15) is 0 Å². The predicted octanol–water partition coefficient (Wildman–Crippen LogP) is 7.26. The molecule has 0 saturated heterocycles. The van der Waals surface area contributed by atoms with Gasteiger partial charge in [-0.1, -0.05) is 109 Å². The van der Waals surface area contributed by atoms with Crippen LogP contribution in [0, 0.1) is 20.8 Å². The van der Waals surface area contributed by atoms with E-state index in [0.717, 1.165) is 23.0 Å². The normalized spacial score (nSPS) is 14.3. The highest BCUT2D eigenvalue weighted by Gasteiger charge is 2.44. The van der Waals surface area contributed by atoms with E-state index in [1.165, 1.54) is 109 Å². The molecule has 0 aromatic heterocycles. The molecule has 0 N–H and O–H groups in total. The lowest BCUT2D eigenvalue weighted by Crippen LogP contribution is -2.58. The van der Waals surface area contributed by atoms with E-state index in [1.54, 1.807) is 0 Å². The Bertz CT molecular complexity index is 2950. The summed E-state index contributed by atoms with van der Waals surface area (Å²) in [6, 6.07) is 37.0. The van der Waals surface area contributed by atoms with Crippen LogP contribution in [0.3, 0.4) is 0 Å². The van der Waals surface area contributed by atoms with E-state index in [-0.39, 0.29) is 13.4 Å². The summed E-state index contributed by atoms with van der Waals surface area (Å²) in [5.41, 5.74) is 17.2. The summed E-state index contributed by atoms with van der Waals surface area (Å²) >= 11 is 0. The van der Waals surface area contributed by atoms with Crippen LogP contribution >= 0.6 is 0 Å². The zero-order valence-electron chi connectivity index (χ0n) is 29.7. The van der Waals surface area contributed by atoms with Gasteiger partial charge in [-0.2, -0.15) is 0 Å². The summed E-state index contributed by atoms with van der Waals surface area (Å²) in [6.07, 6.45) is 0. The highest BCUT2D eigenvalue weighted by molar-refractivity contribution is 7.02. The topological polar surface area (TPSA) is 18.5 Å². The first-order valence-electron chi connectivity index (χ1n) is 18.3. The van der Waals surface area contributed by atoms with Crippen LogP contribution < -0.4 is 47.4 Å². The fraction of sp³-hybridized carbons (Fsp3) is 0.130. The lowest BCUT2D eigenvalue weighted by atomic mass is 9.32. The van der Waals surface area contributed by atoms with Crippen LogP contribution in [0.1, 0.15) is 16.7 Å². The second-order valence-corrected chi connectivity index (χ2v) is 21.6. The van der Waals surface area contributed by atoms with Crippen molar-refractivity contribution in [3.63, 3.8) is 0 Å². The van der Waals surface area contributed by atoms with Crippen LogP contribution in [-0.4, -0.2) is 21.5 Å². The van der Waals surface area contributed by atoms with Crippen LogP contribution in [0.4, 0.5) is 0 Å². The fourth-order valence-electron chi connectivity index (χ4n) is 10.5. The number of fused-ring (bicyclic) bond motifs is 8. The first-order chi connectivity index (χ1) is 24.7. The third-order valence-corrected chi connectivity index (χ3v) is 14.5. The van der Waals surface area contributed by atoms with Gasteiger partial charge < -0.3 is 9.47 Å². The number of hydrogen-bond donors (Lipinski definition) is 0. The number of ether oxygens (including phenoxy) is 2. The van der Waals surface area contributed by atoms with Gasteiger partial charge >= 0.3 is 0 Å². The minimum absolute atomic E-state index is 0.108. The minimum Gasteiger partial charge on any atom is -0.458 e. The van der Waals surface area contributed by atoms with Gasteiger partial charge in [-0.15, -0.1) is 0 Å². The highest BCUT2D eigenvalue weighted by atomic mass is 28.3. The lowest BCUT2D eigenvalue weighted by molar-refractivity contribution is 0.487. The first kappa shape index (κ1) is 28.4. The monoisotopic (exact) mass is 668 g/mol. The van der Waals surface area contributed by atoms with Crippen molar-refractivity contribution >= 4 is 91.8 Å². The van der Waals surface area contributed by atoms with E-state index in [0.29, 0.717) is 0 Å². The molecule has 0 spiro atoms. The Morgan fingerprint density at radius 2 is 0.941 bits per heavy atom. The van der Waals surface area contributed by atoms with Gasteiger partial charge in [0.05, 0.1) is 8.07 Å². The molecular formula is C46H34B2O2Si. The molecular weight excluding hydrogens is 634 g/mol. The van der Waals surface area contributed by atoms with E-state index in [2.05, 4.69) is 137 Å². The number of benzene rings is 8. The molecule has 0 bridgehead atoms. The molecule has 0 fully saturated rings. The maximum atomic E-state index is 6.73. The molecule has 5 heteroatoms. The van der Waals surface area contributed by atoms with E-state index < -0.39 is 8.07 Å². The molecule has 0 amide bonds. The standard InChI is InChI=1S/C46H34B2O2Si/c1-23-15-29-27-19-25(3)26-20-34-42-28(30-16-24(2)18-39-46(30)47(34)32-11-7-9-13-36(32)50-39)22-40(51(4,5)6)31-21-35(41(27)43(26)44(31)42)48-33-12-8-10-14-37(33)49-38(17-23)45(29)48/h7-22H,1-6H3. The smallest absolute Gasteiger partial charge is 0.252 e. The van der Waals surface area contributed by atoms with Crippen molar-refractivity contribution < 1.29 is 9.47 Å². The molecule has 240 valence electrons. The lowest BCUT2D eigenvalue weighted by Gasteiger charge is -2.38. The molecule has 2 nitrogen and oxygen atoms in total. The van der Waals surface area contributed by atoms with Crippen LogP contribution in [0.25, 0.3) is 54.6 Å². The van der Waals surface area contributed by atoms with Crippen LogP contribution in [-0.2, 0) is 0 Å². The SMILES string of the molecule is Cc1cc2c3c(c1)-c1cc(C)c4cc5c6c(cc([Si](C)(C)C)c7cc(c1c4c76)B3c1ccccc1O2)-c1cc(C)cc2c1B5c1ccccc1O2. The average molecular weight is 668 g/mol. The molecule has 0 aliphatic carbocycles. The Kier molecular flexibility index (Phi) is 5.10. The Morgan fingerprint density at radius 1 is 0.451 bits per heavy atom. The van der Waals surface area contributed by atoms with Crippen LogP contribution in [0.2, 0.25) is 19.6 Å². The van der Waals surface area contributed by atoms with Crippen molar-refractivity contribution in [1.29, 1.82) is 0 Å². The molecule has 4 aliphatic rings. The number of aryl methyl sites for hydroxylation is 3. The van der Waals surface area contributed by atoms with Gasteiger partial charge in [0.25, 0.3) is 13.4 Å². The molecule has 51 heavy (non-hydrogen) atoms. The second-order valence-electron chi connectivity index (χ2n) is 16.6. The van der Waals surface area contributed by atoms with Crippen molar-refractivity contribution in [1.82, 2.24) is 0 Å². The van der Waals surface area contributed by atoms with Crippen LogP contribution in [0.15, 0.2) is 97.1 Å². The number of rotatable bonds is 1. The van der Waals surface area contributed by atoms with E-state index >= 15 is 0 Å². The molecule has 12 rings (SSSR count). The first-order valence-corrected chi connectivity index (χ1v) is 21.8. The summed E-state index contributed by atoms with van der Waals surface area (Å²) in [4.78, 5) is 0. The number of hydrogen-bond acceptors (Lipinski definition) is 2. The third-order valence-electron chi connectivity index (χ3n) is 12.4. The highest BCUT2D eigenvalue weighted by Crippen LogP contribution is 2.47. The van der Waals surface area contributed by atoms with E-state index in [4.69, 9.17) is 9.47 Å². The third kappa shape index (κ3) is 3.41. The minimum atomic E-state index is -1.86. The molecule has 0 unspecified atom stereocenters. The van der Waals surface area contributed by atoms with Gasteiger partial charge in [-0.05, 0) is 138 Å². The van der Waals surface area contributed by atoms with Gasteiger partial charge in [0.1, 0.15) is 23.0 Å². The molecule has 0 atom stereocenters. The maximum absolute atomic E-state index is 6.73. The Morgan fingerprint density at radius 3 is 1.49 bits per heavy atom. The van der Waals surface area contributed by atoms with E-state index in [1.807, 2.05) is 0 Å². The van der Waals surface area contributed by atoms with Gasteiger partial charge in [-0.25, -0.2) is 0 Å². The molecule has 4 heterocycles. The quantitative estimate of drug-likeness (QED) is 0.136. The zero-order chi connectivity index (χ0) is 34.2. The van der Waals surface area contributed by atoms with Gasteiger partial charge in [-0.3, -0.25) is 0 Å². The fourth-order valence-corrected chi connectivity index (χ4v) is 12.1. The largest absolute Gasteiger partial charge is 0.458 e. The summed E-state index contributed by atoms with van der Waals surface area (Å²) in [5.74, 6) is 3.95. The van der Waals surface area contributed by atoms with Gasteiger partial charge in [0.2, 0.25) is 0 Å². The molecule has 8 aromatic rings. The summed E-state index contributed by atoms with van der Waals surface area (Å²) in [7, 11) is -1.86. The molecule has 0 radical (unpaired) electrons. The van der Waals surface area contributed by atoms with Gasteiger partial charge in [0, 0.05) is 0 Å². The molecule has 8 aromatic carbocycles.